The van der Waals surface area contributed by atoms with Crippen molar-refractivity contribution in [3.8, 4) is 0 Å². The molecule has 0 aliphatic carbocycles. The summed E-state index contributed by atoms with van der Waals surface area (Å²) in [4.78, 5) is 4.63. The summed E-state index contributed by atoms with van der Waals surface area (Å²) in [5.74, 6) is 0. The molecule has 27 heavy (non-hydrogen) atoms. The van der Waals surface area contributed by atoms with Crippen LogP contribution in [-0.4, -0.2) is 37.3 Å². The van der Waals surface area contributed by atoms with Crippen molar-refractivity contribution >= 4 is 33.3 Å². The smallest absolute Gasteiger partial charge is 0.243 e. The Morgan fingerprint density at radius 1 is 1.00 bits per heavy atom. The number of aromatic nitrogens is 1. The van der Waals surface area contributed by atoms with Crippen molar-refractivity contribution in [1.82, 2.24) is 9.29 Å². The third kappa shape index (κ3) is 4.65. The van der Waals surface area contributed by atoms with Gasteiger partial charge in [-0.25, -0.2) is 8.42 Å². The summed E-state index contributed by atoms with van der Waals surface area (Å²) in [6, 6.07) is 16.9. The fraction of sp³-hybridized carbons (Fsp3) is 0.250. The maximum atomic E-state index is 13.3. The quantitative estimate of drug-likeness (QED) is 0.655. The Bertz CT molecular complexity index is 995. The number of fused-ring (bicyclic) bond motifs is 1. The minimum atomic E-state index is -3.66. The fourth-order valence-corrected chi connectivity index (χ4v) is 4.68. The van der Waals surface area contributed by atoms with Crippen LogP contribution in [0.5, 0.6) is 0 Å². The summed E-state index contributed by atoms with van der Waals surface area (Å²) in [5, 5.41) is 0.647. The Morgan fingerprint density at radius 3 is 2.44 bits per heavy atom. The largest absolute Gasteiger partial charge is 0.329 e. The fourth-order valence-electron chi connectivity index (χ4n) is 3.05. The van der Waals surface area contributed by atoms with Crippen LogP contribution in [0, 0.1) is 6.92 Å². The number of nitrogens with two attached hydrogens (primary N) is 1. The Labute approximate surface area is 166 Å². The average Bonchev–Trinajstić information content (AvgIpc) is 2.66. The van der Waals surface area contributed by atoms with Crippen molar-refractivity contribution < 1.29 is 8.42 Å². The molecule has 0 atom stereocenters. The van der Waals surface area contributed by atoms with Crippen LogP contribution >= 0.6 is 12.4 Å². The normalized spacial score (nSPS) is 11.5. The molecule has 3 rings (SSSR count). The van der Waals surface area contributed by atoms with Gasteiger partial charge in [0.2, 0.25) is 10.0 Å². The van der Waals surface area contributed by atoms with Crippen LogP contribution in [0.15, 0.2) is 65.7 Å². The SMILES string of the molecule is Cc1ccc(S(=O)(=O)N(CCN)CCc2ccccc2)c2cccnc12.Cl. The summed E-state index contributed by atoms with van der Waals surface area (Å²) < 4.78 is 28.1. The van der Waals surface area contributed by atoms with E-state index < -0.39 is 10.0 Å². The van der Waals surface area contributed by atoms with Crippen molar-refractivity contribution in [3.63, 3.8) is 0 Å². The van der Waals surface area contributed by atoms with E-state index in [0.717, 1.165) is 11.1 Å². The lowest BCUT2D eigenvalue weighted by atomic mass is 10.1. The molecule has 0 aliphatic heterocycles. The van der Waals surface area contributed by atoms with Crippen LogP contribution in [-0.2, 0) is 16.4 Å². The lowest BCUT2D eigenvalue weighted by Gasteiger charge is -2.22. The van der Waals surface area contributed by atoms with Crippen molar-refractivity contribution in [2.24, 2.45) is 5.73 Å². The van der Waals surface area contributed by atoms with Gasteiger partial charge in [-0.05, 0) is 42.7 Å². The Balaban J connectivity index is 0.00000261. The van der Waals surface area contributed by atoms with E-state index >= 15 is 0 Å². The van der Waals surface area contributed by atoms with E-state index in [4.69, 9.17) is 5.73 Å². The maximum Gasteiger partial charge on any atom is 0.243 e. The number of rotatable bonds is 7. The number of aryl methyl sites for hydroxylation is 1. The summed E-state index contributed by atoms with van der Waals surface area (Å²) in [6.07, 6.45) is 2.32. The van der Waals surface area contributed by atoms with Gasteiger partial charge in [-0.2, -0.15) is 4.31 Å². The average molecular weight is 406 g/mol. The van der Waals surface area contributed by atoms with Gasteiger partial charge in [-0.3, -0.25) is 4.98 Å². The van der Waals surface area contributed by atoms with Crippen molar-refractivity contribution in [1.29, 1.82) is 0 Å². The first-order valence-corrected chi connectivity index (χ1v) is 10.1. The lowest BCUT2D eigenvalue weighted by molar-refractivity contribution is 0.422. The van der Waals surface area contributed by atoms with Crippen LogP contribution in [0.25, 0.3) is 10.9 Å². The molecular weight excluding hydrogens is 382 g/mol. The topological polar surface area (TPSA) is 76.3 Å². The molecule has 0 unspecified atom stereocenters. The molecule has 3 aromatic rings. The molecule has 5 nitrogen and oxygen atoms in total. The van der Waals surface area contributed by atoms with Gasteiger partial charge in [0.05, 0.1) is 10.4 Å². The number of benzene rings is 2. The highest BCUT2D eigenvalue weighted by molar-refractivity contribution is 7.89. The maximum absolute atomic E-state index is 13.3. The van der Waals surface area contributed by atoms with E-state index in [1.165, 1.54) is 4.31 Å². The number of pyridine rings is 1. The van der Waals surface area contributed by atoms with Gasteiger partial charge in [0.15, 0.2) is 0 Å². The molecule has 2 N–H and O–H groups in total. The summed E-state index contributed by atoms with van der Waals surface area (Å²) in [7, 11) is -3.66. The predicted octanol–water partition coefficient (Wildman–Crippen LogP) is 3.16. The van der Waals surface area contributed by atoms with Crippen LogP contribution in [0.3, 0.4) is 0 Å². The van der Waals surface area contributed by atoms with Gasteiger partial charge in [0.25, 0.3) is 0 Å². The highest BCUT2D eigenvalue weighted by Gasteiger charge is 2.26. The number of nitrogens with zero attached hydrogens (tertiary/aromatic N) is 2. The minimum Gasteiger partial charge on any atom is -0.329 e. The standard InChI is InChI=1S/C20H23N3O2S.ClH/c1-16-9-10-19(18-8-5-13-22-20(16)18)26(24,25)23(15-12-21)14-11-17-6-3-2-4-7-17;/h2-10,13H,11-12,14-15,21H2,1H3;1H. The number of halogens is 1. The van der Waals surface area contributed by atoms with Gasteiger partial charge < -0.3 is 5.73 Å². The molecule has 7 heteroatoms. The van der Waals surface area contributed by atoms with Gasteiger partial charge in [0.1, 0.15) is 0 Å². The molecule has 1 aromatic heterocycles. The van der Waals surface area contributed by atoms with Crippen LogP contribution < -0.4 is 5.73 Å². The molecule has 1 heterocycles. The zero-order valence-corrected chi connectivity index (χ0v) is 16.8. The van der Waals surface area contributed by atoms with Crippen LogP contribution in [0.2, 0.25) is 0 Å². The van der Waals surface area contributed by atoms with E-state index in [9.17, 15) is 8.42 Å². The summed E-state index contributed by atoms with van der Waals surface area (Å²) >= 11 is 0. The summed E-state index contributed by atoms with van der Waals surface area (Å²) in [5.41, 5.74) is 8.45. The van der Waals surface area contributed by atoms with Crippen molar-refractivity contribution in [3.05, 3.63) is 71.9 Å². The third-order valence-corrected chi connectivity index (χ3v) is 6.38. The molecule has 2 aromatic carbocycles. The number of hydrogen-bond donors (Lipinski definition) is 1. The second-order valence-corrected chi connectivity index (χ2v) is 8.11. The molecule has 0 aliphatic rings. The number of sulfonamides is 1. The van der Waals surface area contributed by atoms with Gasteiger partial charge >= 0.3 is 0 Å². The molecule has 0 amide bonds. The second-order valence-electron chi connectivity index (χ2n) is 6.21. The van der Waals surface area contributed by atoms with E-state index in [1.807, 2.05) is 37.3 Å². The van der Waals surface area contributed by atoms with Crippen LogP contribution in [0.4, 0.5) is 0 Å². The first kappa shape index (κ1) is 21.3. The Kier molecular flexibility index (Phi) is 7.33. The molecule has 0 radical (unpaired) electrons. The molecule has 144 valence electrons. The lowest BCUT2D eigenvalue weighted by Crippen LogP contribution is -2.37. The molecule has 0 fully saturated rings. The van der Waals surface area contributed by atoms with Crippen molar-refractivity contribution in [2.45, 2.75) is 18.2 Å². The second kappa shape index (κ2) is 9.28. The first-order valence-electron chi connectivity index (χ1n) is 8.62. The Morgan fingerprint density at radius 2 is 1.74 bits per heavy atom. The Hall–Kier alpha value is -1.99. The predicted molar refractivity (Wildman–Crippen MR) is 112 cm³/mol. The zero-order valence-electron chi connectivity index (χ0n) is 15.2. The summed E-state index contributed by atoms with van der Waals surface area (Å²) in [6.45, 7) is 2.87. The van der Waals surface area contributed by atoms with Gasteiger partial charge in [0, 0.05) is 31.2 Å². The van der Waals surface area contributed by atoms with Gasteiger partial charge in [-0.1, -0.05) is 36.4 Å². The van der Waals surface area contributed by atoms with E-state index in [2.05, 4.69) is 4.98 Å². The van der Waals surface area contributed by atoms with E-state index in [1.54, 1.807) is 30.5 Å². The van der Waals surface area contributed by atoms with Crippen molar-refractivity contribution in [2.75, 3.05) is 19.6 Å². The van der Waals surface area contributed by atoms with Gasteiger partial charge in [-0.15, -0.1) is 12.4 Å². The van der Waals surface area contributed by atoms with E-state index in [0.29, 0.717) is 23.9 Å². The molecule has 0 saturated carbocycles. The molecule has 0 spiro atoms. The molecule has 0 bridgehead atoms. The van der Waals surface area contributed by atoms with E-state index in [-0.39, 0.29) is 30.4 Å². The number of hydrogen-bond acceptors (Lipinski definition) is 4. The van der Waals surface area contributed by atoms with Crippen LogP contribution in [0.1, 0.15) is 11.1 Å². The molecule has 0 saturated heterocycles. The monoisotopic (exact) mass is 405 g/mol. The first-order chi connectivity index (χ1) is 12.5. The zero-order chi connectivity index (χ0) is 18.6. The molecular formula is C20H24ClN3O2S. The minimum absolute atomic E-state index is 0. The highest BCUT2D eigenvalue weighted by Crippen LogP contribution is 2.27. The highest BCUT2D eigenvalue weighted by atomic mass is 35.5. The third-order valence-electron chi connectivity index (χ3n) is 4.42.